The molecule has 0 aromatic heterocycles. The van der Waals surface area contributed by atoms with Gasteiger partial charge in [-0.1, -0.05) is 44.9 Å². The van der Waals surface area contributed by atoms with Crippen LogP contribution in [0.25, 0.3) is 0 Å². The first-order valence-corrected chi connectivity index (χ1v) is 8.33. The van der Waals surface area contributed by atoms with Gasteiger partial charge in [0.05, 0.1) is 5.54 Å². The molecule has 1 atom stereocenters. The van der Waals surface area contributed by atoms with Crippen molar-refractivity contribution in [3.63, 3.8) is 0 Å². The van der Waals surface area contributed by atoms with Crippen molar-refractivity contribution in [3.05, 3.63) is 29.8 Å². The third kappa shape index (κ3) is 4.01. The summed E-state index contributed by atoms with van der Waals surface area (Å²) in [7, 11) is 0. The standard InChI is InChI=1S/C18H28N2O2/c1-3-14(2)15-8-4-5-9-16(15)22-12-17(21)20-18(13-19)10-6-7-11-18/h4-5,8-9,14H,3,6-7,10-13,19H2,1-2H3,(H,20,21). The molecule has 4 nitrogen and oxygen atoms in total. The number of benzene rings is 1. The Morgan fingerprint density at radius 3 is 2.68 bits per heavy atom. The van der Waals surface area contributed by atoms with E-state index in [0.29, 0.717) is 12.5 Å². The van der Waals surface area contributed by atoms with Gasteiger partial charge in [0.25, 0.3) is 5.91 Å². The molecular formula is C18H28N2O2. The lowest BCUT2D eigenvalue weighted by molar-refractivity contribution is -0.124. The van der Waals surface area contributed by atoms with Gasteiger partial charge in [-0.15, -0.1) is 0 Å². The Labute approximate surface area is 133 Å². The first kappa shape index (κ1) is 16.8. The van der Waals surface area contributed by atoms with E-state index in [1.807, 2.05) is 18.2 Å². The number of carbonyl (C=O) groups excluding carboxylic acids is 1. The number of amides is 1. The van der Waals surface area contributed by atoms with Gasteiger partial charge in [0.1, 0.15) is 5.75 Å². The summed E-state index contributed by atoms with van der Waals surface area (Å²) in [4.78, 5) is 12.2. The van der Waals surface area contributed by atoms with E-state index in [-0.39, 0.29) is 18.1 Å². The van der Waals surface area contributed by atoms with Crippen LogP contribution in [0.4, 0.5) is 0 Å². The van der Waals surface area contributed by atoms with Crippen LogP contribution in [0.1, 0.15) is 57.4 Å². The van der Waals surface area contributed by atoms with Gasteiger partial charge in [-0.2, -0.15) is 0 Å². The normalized spacial score (nSPS) is 18.0. The molecule has 4 heteroatoms. The molecule has 1 saturated carbocycles. The maximum Gasteiger partial charge on any atom is 0.258 e. The average molecular weight is 304 g/mol. The lowest BCUT2D eigenvalue weighted by Gasteiger charge is -2.28. The second kappa shape index (κ2) is 7.63. The Morgan fingerprint density at radius 1 is 1.36 bits per heavy atom. The SMILES string of the molecule is CCC(C)c1ccccc1OCC(=O)NC1(CN)CCCC1. The molecule has 0 saturated heterocycles. The highest BCUT2D eigenvalue weighted by Crippen LogP contribution is 2.29. The predicted molar refractivity (Wildman–Crippen MR) is 89.0 cm³/mol. The van der Waals surface area contributed by atoms with Crippen molar-refractivity contribution < 1.29 is 9.53 Å². The number of ether oxygens (including phenoxy) is 1. The van der Waals surface area contributed by atoms with Gasteiger partial charge in [0.2, 0.25) is 0 Å². The molecule has 1 aromatic carbocycles. The zero-order chi connectivity index (χ0) is 16.0. The molecule has 1 fully saturated rings. The third-order valence-electron chi connectivity index (χ3n) is 4.78. The van der Waals surface area contributed by atoms with Gasteiger partial charge in [-0.3, -0.25) is 4.79 Å². The van der Waals surface area contributed by atoms with Gasteiger partial charge in [0.15, 0.2) is 6.61 Å². The molecule has 0 heterocycles. The molecule has 0 aliphatic heterocycles. The van der Waals surface area contributed by atoms with Gasteiger partial charge in [0, 0.05) is 6.54 Å². The summed E-state index contributed by atoms with van der Waals surface area (Å²) < 4.78 is 5.77. The first-order chi connectivity index (χ1) is 10.6. The maximum absolute atomic E-state index is 12.2. The van der Waals surface area contributed by atoms with E-state index in [1.54, 1.807) is 0 Å². The molecule has 1 aliphatic carbocycles. The molecular weight excluding hydrogens is 276 g/mol. The van der Waals surface area contributed by atoms with E-state index in [2.05, 4.69) is 25.2 Å². The maximum atomic E-state index is 12.2. The Hall–Kier alpha value is -1.55. The lowest BCUT2D eigenvalue weighted by atomic mass is 9.97. The van der Waals surface area contributed by atoms with Crippen LogP contribution in [0, 0.1) is 0 Å². The number of nitrogens with one attached hydrogen (secondary N) is 1. The topological polar surface area (TPSA) is 64.3 Å². The summed E-state index contributed by atoms with van der Waals surface area (Å²) in [5.74, 6) is 1.15. The van der Waals surface area contributed by atoms with Crippen molar-refractivity contribution >= 4 is 5.91 Å². The van der Waals surface area contributed by atoms with Crippen molar-refractivity contribution in [2.75, 3.05) is 13.2 Å². The number of hydrogen-bond donors (Lipinski definition) is 2. The minimum absolute atomic E-state index is 0.0508. The van der Waals surface area contributed by atoms with Crippen molar-refractivity contribution in [1.29, 1.82) is 0 Å². The molecule has 0 bridgehead atoms. The molecule has 0 radical (unpaired) electrons. The predicted octanol–water partition coefficient (Wildman–Crippen LogP) is 2.97. The molecule has 0 spiro atoms. The van der Waals surface area contributed by atoms with Gasteiger partial charge < -0.3 is 15.8 Å². The zero-order valence-electron chi connectivity index (χ0n) is 13.7. The number of carbonyl (C=O) groups is 1. The average Bonchev–Trinajstić information content (AvgIpc) is 3.01. The zero-order valence-corrected chi connectivity index (χ0v) is 13.7. The molecule has 1 aliphatic rings. The highest BCUT2D eigenvalue weighted by molar-refractivity contribution is 5.78. The summed E-state index contributed by atoms with van der Waals surface area (Å²) in [6.45, 7) is 4.88. The van der Waals surface area contributed by atoms with E-state index in [0.717, 1.165) is 43.4 Å². The third-order valence-corrected chi connectivity index (χ3v) is 4.78. The Balaban J connectivity index is 1.94. The Kier molecular flexibility index (Phi) is 5.83. The van der Waals surface area contributed by atoms with Crippen molar-refractivity contribution in [2.45, 2.75) is 57.4 Å². The van der Waals surface area contributed by atoms with Crippen molar-refractivity contribution in [2.24, 2.45) is 5.73 Å². The first-order valence-electron chi connectivity index (χ1n) is 8.33. The number of hydrogen-bond acceptors (Lipinski definition) is 3. The van der Waals surface area contributed by atoms with Crippen LogP contribution in [0.3, 0.4) is 0 Å². The fourth-order valence-electron chi connectivity index (χ4n) is 3.15. The van der Waals surface area contributed by atoms with Crippen molar-refractivity contribution in [1.82, 2.24) is 5.32 Å². The van der Waals surface area contributed by atoms with Crippen LogP contribution in [-0.2, 0) is 4.79 Å². The number of rotatable bonds is 7. The van der Waals surface area contributed by atoms with E-state index in [4.69, 9.17) is 10.5 Å². The second-order valence-electron chi connectivity index (χ2n) is 6.38. The van der Waals surface area contributed by atoms with Crippen LogP contribution in [0.15, 0.2) is 24.3 Å². The quantitative estimate of drug-likeness (QED) is 0.814. The summed E-state index contributed by atoms with van der Waals surface area (Å²) in [5, 5.41) is 3.09. The Bertz CT molecular complexity index is 496. The fourth-order valence-corrected chi connectivity index (χ4v) is 3.15. The van der Waals surface area contributed by atoms with Gasteiger partial charge >= 0.3 is 0 Å². The highest BCUT2D eigenvalue weighted by atomic mass is 16.5. The highest BCUT2D eigenvalue weighted by Gasteiger charge is 2.33. The summed E-state index contributed by atoms with van der Waals surface area (Å²) >= 11 is 0. The second-order valence-corrected chi connectivity index (χ2v) is 6.38. The van der Waals surface area contributed by atoms with Gasteiger partial charge in [-0.25, -0.2) is 0 Å². The Morgan fingerprint density at radius 2 is 2.05 bits per heavy atom. The molecule has 1 unspecified atom stereocenters. The van der Waals surface area contributed by atoms with Crippen LogP contribution < -0.4 is 15.8 Å². The lowest BCUT2D eigenvalue weighted by Crippen LogP contribution is -2.52. The van der Waals surface area contributed by atoms with Crippen LogP contribution in [-0.4, -0.2) is 24.6 Å². The van der Waals surface area contributed by atoms with Gasteiger partial charge in [-0.05, 0) is 36.8 Å². The number of para-hydroxylation sites is 1. The molecule has 3 N–H and O–H groups in total. The minimum atomic E-state index is -0.212. The van der Waals surface area contributed by atoms with Crippen molar-refractivity contribution in [3.8, 4) is 5.75 Å². The van der Waals surface area contributed by atoms with E-state index in [1.165, 1.54) is 0 Å². The largest absolute Gasteiger partial charge is 0.483 e. The number of nitrogens with two attached hydrogens (primary N) is 1. The summed E-state index contributed by atoms with van der Waals surface area (Å²) in [5.41, 5.74) is 6.80. The smallest absolute Gasteiger partial charge is 0.258 e. The molecule has 1 amide bonds. The monoisotopic (exact) mass is 304 g/mol. The molecule has 122 valence electrons. The molecule has 22 heavy (non-hydrogen) atoms. The molecule has 1 aromatic rings. The van der Waals surface area contributed by atoms with E-state index < -0.39 is 0 Å². The van der Waals surface area contributed by atoms with E-state index in [9.17, 15) is 4.79 Å². The summed E-state index contributed by atoms with van der Waals surface area (Å²) in [6.07, 6.45) is 5.25. The molecule has 2 rings (SSSR count). The fraction of sp³-hybridized carbons (Fsp3) is 0.611. The minimum Gasteiger partial charge on any atom is -0.483 e. The van der Waals surface area contributed by atoms with Crippen LogP contribution >= 0.6 is 0 Å². The van der Waals surface area contributed by atoms with Crippen LogP contribution in [0.5, 0.6) is 5.75 Å². The van der Waals surface area contributed by atoms with E-state index >= 15 is 0 Å². The van der Waals surface area contributed by atoms with Crippen LogP contribution in [0.2, 0.25) is 0 Å². The summed E-state index contributed by atoms with van der Waals surface area (Å²) in [6, 6.07) is 7.95.